The highest BCUT2D eigenvalue weighted by molar-refractivity contribution is 6.01. The van der Waals surface area contributed by atoms with E-state index in [0.717, 1.165) is 27.9 Å². The summed E-state index contributed by atoms with van der Waals surface area (Å²) in [6, 6.07) is 7.52. The highest BCUT2D eigenvalue weighted by atomic mass is 16.5. The number of nitrogen functional groups attached to an aromatic ring is 1. The van der Waals surface area contributed by atoms with Crippen molar-refractivity contribution in [3.05, 3.63) is 50.7 Å². The first kappa shape index (κ1) is 23.2. The lowest BCUT2D eigenvalue weighted by molar-refractivity contribution is -0.116. The Balaban J connectivity index is 1.59. The minimum absolute atomic E-state index is 0.0665. The van der Waals surface area contributed by atoms with Gasteiger partial charge in [-0.15, -0.1) is 0 Å². The van der Waals surface area contributed by atoms with Crippen molar-refractivity contribution in [1.29, 1.82) is 0 Å². The molecule has 0 saturated carbocycles. The molecular weight excluding hydrogens is 416 g/mol. The summed E-state index contributed by atoms with van der Waals surface area (Å²) in [5.41, 5.74) is 5.89. The fraction of sp³-hybridized carbons (Fsp3) is 0.429. The van der Waals surface area contributed by atoms with Crippen LogP contribution in [0.2, 0.25) is 0 Å². The van der Waals surface area contributed by atoms with Crippen molar-refractivity contribution in [2.45, 2.75) is 0 Å². The highest BCUT2D eigenvalue weighted by Gasteiger charge is 2.22. The molecule has 1 saturated heterocycles. The number of anilines is 3. The monoisotopic (exact) mass is 444 g/mol. The molecule has 0 spiro atoms. The lowest BCUT2D eigenvalue weighted by atomic mass is 10.2. The number of morpholine rings is 1. The minimum Gasteiger partial charge on any atom is -0.384 e. The number of ketones is 1. The Morgan fingerprint density at radius 3 is 2.31 bits per heavy atom. The molecule has 2 aromatic rings. The number of Topliss-reactive ketones (excluding diaryl/α,β-unsaturated/α-hetero) is 1. The van der Waals surface area contributed by atoms with Crippen LogP contribution in [0.5, 0.6) is 0 Å². The Morgan fingerprint density at radius 1 is 1.06 bits per heavy atom. The van der Waals surface area contributed by atoms with Gasteiger partial charge in [-0.05, 0) is 31.3 Å². The fourth-order valence-corrected chi connectivity index (χ4v) is 3.52. The molecule has 32 heavy (non-hydrogen) atoms. The van der Waals surface area contributed by atoms with Gasteiger partial charge in [0.1, 0.15) is 11.4 Å². The van der Waals surface area contributed by atoms with E-state index >= 15 is 0 Å². The number of carbonyl (C=O) groups excluding carboxylic acids is 2. The van der Waals surface area contributed by atoms with Crippen LogP contribution in [0.3, 0.4) is 0 Å². The number of nitrogens with two attached hydrogens (primary N) is 1. The molecule has 1 aliphatic heterocycles. The van der Waals surface area contributed by atoms with Crippen LogP contribution >= 0.6 is 0 Å². The van der Waals surface area contributed by atoms with Crippen molar-refractivity contribution >= 4 is 28.9 Å². The Hall–Kier alpha value is -3.44. The fourth-order valence-electron chi connectivity index (χ4n) is 3.52. The molecule has 0 aliphatic carbocycles. The van der Waals surface area contributed by atoms with Gasteiger partial charge in [-0.25, -0.2) is 4.79 Å². The van der Waals surface area contributed by atoms with Crippen molar-refractivity contribution in [1.82, 2.24) is 14.0 Å². The molecule has 1 aromatic carbocycles. The zero-order valence-corrected chi connectivity index (χ0v) is 18.5. The molecule has 3 rings (SSSR count). The normalized spacial score (nSPS) is 13.9. The topological polar surface area (TPSA) is 132 Å². The maximum atomic E-state index is 12.6. The smallest absolute Gasteiger partial charge is 0.332 e. The van der Waals surface area contributed by atoms with Gasteiger partial charge >= 0.3 is 5.69 Å². The minimum atomic E-state index is -0.756. The second-order valence-corrected chi connectivity index (χ2v) is 7.76. The Labute approximate surface area is 185 Å². The van der Waals surface area contributed by atoms with Gasteiger partial charge in [0.15, 0.2) is 5.78 Å². The first-order chi connectivity index (χ1) is 15.2. The number of amides is 1. The van der Waals surface area contributed by atoms with Crippen LogP contribution in [0, 0.1) is 0 Å². The molecule has 1 aromatic heterocycles. The SMILES string of the molecule is CN(CC(=O)Nc1ccc(N2CCOCC2)cc1)CC(=O)c1c(N)n(C)c(=O)n(C)c1=O. The van der Waals surface area contributed by atoms with E-state index in [4.69, 9.17) is 10.5 Å². The first-order valence-electron chi connectivity index (χ1n) is 10.2. The quantitative estimate of drug-likeness (QED) is 0.534. The van der Waals surface area contributed by atoms with E-state index in [0.29, 0.717) is 18.9 Å². The number of aromatic nitrogens is 2. The summed E-state index contributed by atoms with van der Waals surface area (Å²) in [4.78, 5) is 53.0. The van der Waals surface area contributed by atoms with E-state index in [1.54, 1.807) is 7.05 Å². The van der Waals surface area contributed by atoms with Gasteiger partial charge in [0, 0.05) is 38.6 Å². The summed E-state index contributed by atoms with van der Waals surface area (Å²) in [5.74, 6) is -1.06. The number of hydrogen-bond acceptors (Lipinski definition) is 8. The van der Waals surface area contributed by atoms with Crippen molar-refractivity contribution in [2.24, 2.45) is 14.1 Å². The van der Waals surface area contributed by atoms with Crippen LogP contribution in [0.15, 0.2) is 33.9 Å². The molecule has 1 aliphatic rings. The van der Waals surface area contributed by atoms with Crippen LogP contribution < -0.4 is 27.2 Å². The van der Waals surface area contributed by atoms with Crippen LogP contribution in [-0.4, -0.2) is 72.2 Å². The van der Waals surface area contributed by atoms with Crippen molar-refractivity contribution in [3.8, 4) is 0 Å². The largest absolute Gasteiger partial charge is 0.384 e. The molecule has 172 valence electrons. The summed E-state index contributed by atoms with van der Waals surface area (Å²) in [5, 5.41) is 2.79. The average molecular weight is 444 g/mol. The molecular formula is C21H28N6O5. The van der Waals surface area contributed by atoms with Crippen LogP contribution in [0.1, 0.15) is 10.4 Å². The Kier molecular flexibility index (Phi) is 7.11. The molecule has 3 N–H and O–H groups in total. The molecule has 1 fully saturated rings. The number of benzene rings is 1. The first-order valence-corrected chi connectivity index (χ1v) is 10.2. The highest BCUT2D eigenvalue weighted by Crippen LogP contribution is 2.19. The third-order valence-corrected chi connectivity index (χ3v) is 5.34. The van der Waals surface area contributed by atoms with Crippen LogP contribution in [0.4, 0.5) is 17.2 Å². The van der Waals surface area contributed by atoms with Crippen molar-refractivity contribution in [3.63, 3.8) is 0 Å². The number of carbonyl (C=O) groups is 2. The van der Waals surface area contributed by atoms with E-state index < -0.39 is 17.0 Å². The lowest BCUT2D eigenvalue weighted by Crippen LogP contribution is -2.43. The third-order valence-electron chi connectivity index (χ3n) is 5.34. The van der Waals surface area contributed by atoms with Gasteiger partial charge < -0.3 is 20.7 Å². The lowest BCUT2D eigenvalue weighted by Gasteiger charge is -2.28. The van der Waals surface area contributed by atoms with Gasteiger partial charge in [0.2, 0.25) is 5.91 Å². The van der Waals surface area contributed by atoms with Gasteiger partial charge in [-0.2, -0.15) is 0 Å². The van der Waals surface area contributed by atoms with Gasteiger partial charge in [-0.1, -0.05) is 0 Å². The molecule has 11 heteroatoms. The summed E-state index contributed by atoms with van der Waals surface area (Å²) >= 11 is 0. The van der Waals surface area contributed by atoms with Crippen LogP contribution in [-0.2, 0) is 23.6 Å². The van der Waals surface area contributed by atoms with E-state index in [-0.39, 0.29) is 30.4 Å². The number of nitrogens with zero attached hydrogens (tertiary/aromatic N) is 4. The Morgan fingerprint density at radius 2 is 1.69 bits per heavy atom. The van der Waals surface area contributed by atoms with Crippen molar-refractivity contribution < 1.29 is 14.3 Å². The van der Waals surface area contributed by atoms with Crippen molar-refractivity contribution in [2.75, 3.05) is 62.4 Å². The molecule has 0 unspecified atom stereocenters. The zero-order chi connectivity index (χ0) is 23.4. The zero-order valence-electron chi connectivity index (χ0n) is 18.5. The predicted octanol–water partition coefficient (Wildman–Crippen LogP) is -0.744. The summed E-state index contributed by atoms with van der Waals surface area (Å²) in [6.45, 7) is 2.77. The summed E-state index contributed by atoms with van der Waals surface area (Å²) < 4.78 is 7.23. The molecule has 0 atom stereocenters. The molecule has 1 amide bonds. The molecule has 0 radical (unpaired) electrons. The maximum Gasteiger partial charge on any atom is 0.332 e. The number of nitrogens with one attached hydrogen (secondary N) is 1. The molecule has 11 nitrogen and oxygen atoms in total. The maximum absolute atomic E-state index is 12.6. The summed E-state index contributed by atoms with van der Waals surface area (Å²) in [6.07, 6.45) is 0. The number of hydrogen-bond donors (Lipinski definition) is 2. The molecule has 0 bridgehead atoms. The van der Waals surface area contributed by atoms with E-state index in [1.807, 2.05) is 24.3 Å². The number of rotatable bonds is 7. The van der Waals surface area contributed by atoms with Gasteiger partial charge in [0.25, 0.3) is 5.56 Å². The number of likely N-dealkylation sites (N-methyl/N-ethyl adjacent to an activating group) is 1. The van der Waals surface area contributed by atoms with Crippen LogP contribution in [0.25, 0.3) is 0 Å². The van der Waals surface area contributed by atoms with E-state index in [9.17, 15) is 19.2 Å². The van der Waals surface area contributed by atoms with E-state index in [2.05, 4.69) is 10.2 Å². The second kappa shape index (κ2) is 9.79. The standard InChI is InChI=1S/C21H28N6O5/c1-24(12-16(28)18-19(22)25(2)21(31)26(3)20(18)30)13-17(29)23-14-4-6-15(7-5-14)27-8-10-32-11-9-27/h4-7H,8-13,22H2,1-3H3,(H,23,29). The second-order valence-electron chi connectivity index (χ2n) is 7.76. The average Bonchev–Trinajstić information content (AvgIpc) is 2.77. The third kappa shape index (κ3) is 5.06. The van der Waals surface area contributed by atoms with E-state index in [1.165, 1.54) is 19.0 Å². The van der Waals surface area contributed by atoms with Gasteiger partial charge in [-0.3, -0.25) is 28.4 Å². The predicted molar refractivity (Wildman–Crippen MR) is 121 cm³/mol. The number of ether oxygens (including phenoxy) is 1. The van der Waals surface area contributed by atoms with Gasteiger partial charge in [0.05, 0.1) is 26.3 Å². The molecule has 2 heterocycles. The Bertz CT molecular complexity index is 1120. The summed E-state index contributed by atoms with van der Waals surface area (Å²) in [7, 11) is 4.25.